The molecule has 0 saturated carbocycles. The van der Waals surface area contributed by atoms with Crippen LogP contribution in [0, 0.1) is 6.92 Å². The summed E-state index contributed by atoms with van der Waals surface area (Å²) in [5, 5.41) is 3.01. The Bertz CT molecular complexity index is 1650. The number of unbranched alkanes of at least 4 members (excludes halogenated alkanes) is 1. The molecule has 0 radical (unpaired) electrons. The minimum atomic E-state index is -4.16. The zero-order chi connectivity index (χ0) is 32.9. The molecule has 2 amide bonds. The number of benzene rings is 4. The average molecular weight is 642 g/mol. The topological polar surface area (TPSA) is 96.0 Å². The predicted octanol–water partition coefficient (Wildman–Crippen LogP) is 6.15. The average Bonchev–Trinajstić information content (AvgIpc) is 3.07. The van der Waals surface area contributed by atoms with Crippen molar-refractivity contribution in [3.63, 3.8) is 0 Å². The molecule has 0 heterocycles. The van der Waals surface area contributed by atoms with E-state index >= 15 is 0 Å². The minimum Gasteiger partial charge on any atom is -0.494 e. The molecule has 0 fully saturated rings. The molecule has 1 N–H and O–H groups in total. The third-order valence-corrected chi connectivity index (χ3v) is 9.41. The lowest BCUT2D eigenvalue weighted by Gasteiger charge is -2.34. The molecule has 0 saturated heterocycles. The summed E-state index contributed by atoms with van der Waals surface area (Å²) in [6, 6.07) is 31.1. The largest absolute Gasteiger partial charge is 0.494 e. The van der Waals surface area contributed by atoms with Gasteiger partial charge in [-0.3, -0.25) is 13.9 Å². The van der Waals surface area contributed by atoms with Crippen LogP contribution < -0.4 is 14.4 Å². The number of carbonyl (C=O) groups is 2. The van der Waals surface area contributed by atoms with E-state index in [4.69, 9.17) is 4.74 Å². The van der Waals surface area contributed by atoms with Gasteiger partial charge >= 0.3 is 0 Å². The number of amides is 2. The molecular formula is C37H43N3O5S. The summed E-state index contributed by atoms with van der Waals surface area (Å²) < 4.78 is 34.9. The van der Waals surface area contributed by atoms with Crippen LogP contribution in [0.5, 0.6) is 5.75 Å². The van der Waals surface area contributed by atoms with Crippen LogP contribution in [0.3, 0.4) is 0 Å². The highest BCUT2D eigenvalue weighted by atomic mass is 32.2. The fourth-order valence-corrected chi connectivity index (χ4v) is 6.51. The Morgan fingerprint density at radius 1 is 0.804 bits per heavy atom. The van der Waals surface area contributed by atoms with Crippen LogP contribution in [0.25, 0.3) is 0 Å². The first-order chi connectivity index (χ1) is 22.2. The number of hydrogen-bond donors (Lipinski definition) is 1. The van der Waals surface area contributed by atoms with Crippen LogP contribution in [-0.2, 0) is 32.6 Å². The first-order valence-electron chi connectivity index (χ1n) is 15.7. The highest BCUT2D eigenvalue weighted by Gasteiger charge is 2.34. The van der Waals surface area contributed by atoms with Crippen molar-refractivity contribution >= 4 is 27.5 Å². The zero-order valence-electron chi connectivity index (χ0n) is 26.8. The smallest absolute Gasteiger partial charge is 0.264 e. The standard InChI is InChI=1S/C37H43N3O5S/c1-4-6-25-38-37(42)35(26-30-13-9-7-10-14-30)39(27-31-19-17-29(3)18-20-31)36(41)28-40(32-21-23-33(24-22-32)45-5-2)46(43,44)34-15-11-8-12-16-34/h7-24,35H,4-6,25-28H2,1-3H3,(H,38,42). The Morgan fingerprint density at radius 2 is 1.43 bits per heavy atom. The molecule has 4 aromatic rings. The van der Waals surface area contributed by atoms with Crippen molar-refractivity contribution in [2.45, 2.75) is 57.5 Å². The number of anilines is 1. The number of ether oxygens (including phenoxy) is 1. The molecule has 0 bridgehead atoms. The third kappa shape index (κ3) is 9.20. The number of sulfonamides is 1. The Kier molecular flexibility index (Phi) is 12.4. The molecule has 46 heavy (non-hydrogen) atoms. The molecule has 4 aromatic carbocycles. The van der Waals surface area contributed by atoms with Gasteiger partial charge in [-0.1, -0.05) is 91.7 Å². The Balaban J connectivity index is 1.77. The van der Waals surface area contributed by atoms with Crippen molar-refractivity contribution in [3.8, 4) is 5.75 Å². The van der Waals surface area contributed by atoms with Gasteiger partial charge in [0.1, 0.15) is 18.3 Å². The van der Waals surface area contributed by atoms with Crippen LogP contribution in [0.1, 0.15) is 43.4 Å². The van der Waals surface area contributed by atoms with E-state index < -0.39 is 28.5 Å². The molecular weight excluding hydrogens is 598 g/mol. The van der Waals surface area contributed by atoms with E-state index in [1.165, 1.54) is 17.0 Å². The van der Waals surface area contributed by atoms with Crippen molar-refractivity contribution in [2.75, 3.05) is 24.0 Å². The van der Waals surface area contributed by atoms with Gasteiger partial charge in [0, 0.05) is 19.5 Å². The highest BCUT2D eigenvalue weighted by molar-refractivity contribution is 7.92. The maximum absolute atomic E-state index is 14.5. The van der Waals surface area contributed by atoms with Gasteiger partial charge in [0.2, 0.25) is 11.8 Å². The number of aryl methyl sites for hydroxylation is 1. The molecule has 0 aromatic heterocycles. The second-order valence-corrected chi connectivity index (χ2v) is 13.0. The number of nitrogens with one attached hydrogen (secondary N) is 1. The fraction of sp³-hybridized carbons (Fsp3) is 0.297. The van der Waals surface area contributed by atoms with E-state index in [9.17, 15) is 18.0 Å². The second kappa shape index (κ2) is 16.6. The van der Waals surface area contributed by atoms with E-state index in [0.717, 1.165) is 33.8 Å². The summed E-state index contributed by atoms with van der Waals surface area (Å²) in [6.45, 7) is 6.45. The number of rotatable bonds is 16. The maximum Gasteiger partial charge on any atom is 0.264 e. The van der Waals surface area contributed by atoms with Crippen LogP contribution in [0.4, 0.5) is 5.69 Å². The van der Waals surface area contributed by atoms with E-state index in [0.29, 0.717) is 24.6 Å². The molecule has 0 aliphatic carbocycles. The second-order valence-electron chi connectivity index (χ2n) is 11.1. The predicted molar refractivity (Wildman–Crippen MR) is 182 cm³/mol. The van der Waals surface area contributed by atoms with Crippen LogP contribution in [0.15, 0.2) is 114 Å². The molecule has 0 aliphatic heterocycles. The van der Waals surface area contributed by atoms with Gasteiger partial charge in [0.15, 0.2) is 0 Å². The van der Waals surface area contributed by atoms with Gasteiger partial charge in [-0.05, 0) is 67.8 Å². The normalized spacial score (nSPS) is 11.8. The van der Waals surface area contributed by atoms with Gasteiger partial charge < -0.3 is 15.0 Å². The van der Waals surface area contributed by atoms with Crippen molar-refractivity contribution in [1.82, 2.24) is 10.2 Å². The van der Waals surface area contributed by atoms with E-state index in [1.807, 2.05) is 75.4 Å². The minimum absolute atomic E-state index is 0.0555. The van der Waals surface area contributed by atoms with Gasteiger partial charge in [-0.15, -0.1) is 0 Å². The Labute approximate surface area is 273 Å². The van der Waals surface area contributed by atoms with E-state index in [1.54, 1.807) is 42.5 Å². The molecule has 4 rings (SSSR count). The lowest BCUT2D eigenvalue weighted by Crippen LogP contribution is -2.53. The summed E-state index contributed by atoms with van der Waals surface area (Å²) in [6.07, 6.45) is 1.98. The molecule has 9 heteroatoms. The van der Waals surface area contributed by atoms with Gasteiger partial charge in [0.05, 0.1) is 17.2 Å². The maximum atomic E-state index is 14.5. The molecule has 8 nitrogen and oxygen atoms in total. The van der Waals surface area contributed by atoms with E-state index in [-0.39, 0.29) is 23.8 Å². The van der Waals surface area contributed by atoms with Gasteiger partial charge in [-0.2, -0.15) is 0 Å². The highest BCUT2D eigenvalue weighted by Crippen LogP contribution is 2.27. The summed E-state index contributed by atoms with van der Waals surface area (Å²) in [5.41, 5.74) is 3.09. The van der Waals surface area contributed by atoms with E-state index in [2.05, 4.69) is 5.32 Å². The Morgan fingerprint density at radius 3 is 2.04 bits per heavy atom. The first-order valence-corrected chi connectivity index (χ1v) is 17.1. The summed E-state index contributed by atoms with van der Waals surface area (Å²) in [7, 11) is -4.16. The molecule has 1 atom stereocenters. The molecule has 1 unspecified atom stereocenters. The number of nitrogens with zero attached hydrogens (tertiary/aromatic N) is 2. The van der Waals surface area contributed by atoms with Crippen molar-refractivity contribution in [3.05, 3.63) is 126 Å². The molecule has 0 spiro atoms. The van der Waals surface area contributed by atoms with Crippen molar-refractivity contribution < 1.29 is 22.7 Å². The summed E-state index contributed by atoms with van der Waals surface area (Å²) >= 11 is 0. The summed E-state index contributed by atoms with van der Waals surface area (Å²) in [4.78, 5) is 29.9. The monoisotopic (exact) mass is 641 g/mol. The molecule has 0 aliphatic rings. The Hall–Kier alpha value is -4.63. The van der Waals surface area contributed by atoms with Crippen LogP contribution in [-0.4, -0.2) is 50.9 Å². The lowest BCUT2D eigenvalue weighted by molar-refractivity contribution is -0.140. The SMILES string of the molecule is CCCCNC(=O)C(Cc1ccccc1)N(Cc1ccc(C)cc1)C(=O)CN(c1ccc(OCC)cc1)S(=O)(=O)c1ccccc1. The lowest BCUT2D eigenvalue weighted by atomic mass is 10.0. The van der Waals surface area contributed by atoms with Crippen LogP contribution in [0.2, 0.25) is 0 Å². The zero-order valence-corrected chi connectivity index (χ0v) is 27.6. The number of hydrogen-bond acceptors (Lipinski definition) is 5. The first kappa shape index (κ1) is 34.2. The van der Waals surface area contributed by atoms with Crippen molar-refractivity contribution in [2.24, 2.45) is 0 Å². The van der Waals surface area contributed by atoms with Gasteiger partial charge in [-0.25, -0.2) is 8.42 Å². The van der Waals surface area contributed by atoms with Gasteiger partial charge in [0.25, 0.3) is 10.0 Å². The molecule has 242 valence electrons. The summed E-state index contributed by atoms with van der Waals surface area (Å²) in [5.74, 6) is -0.195. The van der Waals surface area contributed by atoms with Crippen molar-refractivity contribution in [1.29, 1.82) is 0 Å². The number of carbonyl (C=O) groups excluding carboxylic acids is 2. The van der Waals surface area contributed by atoms with Crippen LogP contribution >= 0.6 is 0 Å². The fourth-order valence-electron chi connectivity index (χ4n) is 5.07. The quantitative estimate of drug-likeness (QED) is 0.148. The third-order valence-electron chi connectivity index (χ3n) is 7.62.